The predicted molar refractivity (Wildman–Crippen MR) is 81.5 cm³/mol. The van der Waals surface area contributed by atoms with Gasteiger partial charge in [0.1, 0.15) is 0 Å². The maximum atomic E-state index is 12.4. The molecule has 5 heteroatoms. The van der Waals surface area contributed by atoms with Gasteiger partial charge in [-0.25, -0.2) is 0 Å². The molecule has 2 atom stereocenters. The fourth-order valence-corrected chi connectivity index (χ4v) is 2.77. The van der Waals surface area contributed by atoms with Crippen LogP contribution in [0.5, 0.6) is 0 Å². The molecular formula is C16H23N3O2. The third-order valence-corrected chi connectivity index (χ3v) is 3.76. The second-order valence-electron chi connectivity index (χ2n) is 5.62. The molecule has 1 fully saturated rings. The Morgan fingerprint density at radius 3 is 2.76 bits per heavy atom. The third kappa shape index (κ3) is 4.56. The van der Waals surface area contributed by atoms with E-state index in [9.17, 15) is 9.59 Å². The molecular weight excluding hydrogens is 266 g/mol. The van der Waals surface area contributed by atoms with Gasteiger partial charge in [-0.3, -0.25) is 9.59 Å². The molecule has 0 spiro atoms. The molecule has 1 heterocycles. The van der Waals surface area contributed by atoms with Gasteiger partial charge in [0.05, 0.1) is 6.04 Å². The Morgan fingerprint density at radius 2 is 2.10 bits per heavy atom. The lowest BCUT2D eigenvalue weighted by Crippen LogP contribution is -2.53. The van der Waals surface area contributed by atoms with Gasteiger partial charge in [0.25, 0.3) is 0 Å². The number of benzene rings is 1. The number of nitrogens with zero attached hydrogens (tertiary/aromatic N) is 1. The van der Waals surface area contributed by atoms with Gasteiger partial charge in [-0.05, 0) is 24.8 Å². The standard InChI is InChI=1S/C16H23N3O2/c1-12(20)18-14-8-5-9-19(11-14)16(21)15(17)10-13-6-3-2-4-7-13/h2-4,6-7,14-15H,5,8-11,17H2,1H3,(H,18,20)/t14?,15-/m0/s1. The smallest absolute Gasteiger partial charge is 0.239 e. The first-order valence-electron chi connectivity index (χ1n) is 7.41. The highest BCUT2D eigenvalue weighted by Crippen LogP contribution is 2.12. The summed E-state index contributed by atoms with van der Waals surface area (Å²) >= 11 is 0. The van der Waals surface area contributed by atoms with E-state index in [-0.39, 0.29) is 17.9 Å². The predicted octanol–water partition coefficient (Wildman–Crippen LogP) is 0.684. The number of nitrogens with two attached hydrogens (primary N) is 1. The summed E-state index contributed by atoms with van der Waals surface area (Å²) in [5.41, 5.74) is 7.11. The Hall–Kier alpha value is -1.88. The summed E-state index contributed by atoms with van der Waals surface area (Å²) in [6.45, 7) is 2.78. The maximum Gasteiger partial charge on any atom is 0.239 e. The summed E-state index contributed by atoms with van der Waals surface area (Å²) in [5, 5.41) is 2.88. The zero-order chi connectivity index (χ0) is 15.2. The highest BCUT2D eigenvalue weighted by atomic mass is 16.2. The number of carbonyl (C=O) groups is 2. The monoisotopic (exact) mass is 289 g/mol. The Morgan fingerprint density at radius 1 is 1.38 bits per heavy atom. The van der Waals surface area contributed by atoms with Crippen LogP contribution < -0.4 is 11.1 Å². The van der Waals surface area contributed by atoms with Gasteiger partial charge in [0, 0.05) is 26.1 Å². The topological polar surface area (TPSA) is 75.4 Å². The fraction of sp³-hybridized carbons (Fsp3) is 0.500. The molecule has 2 rings (SSSR count). The van der Waals surface area contributed by atoms with Crippen molar-refractivity contribution in [2.45, 2.75) is 38.3 Å². The van der Waals surface area contributed by atoms with E-state index in [2.05, 4.69) is 5.32 Å². The number of hydrogen-bond donors (Lipinski definition) is 2. The highest BCUT2D eigenvalue weighted by molar-refractivity contribution is 5.82. The van der Waals surface area contributed by atoms with E-state index in [4.69, 9.17) is 5.73 Å². The van der Waals surface area contributed by atoms with E-state index < -0.39 is 6.04 Å². The lowest BCUT2D eigenvalue weighted by atomic mass is 10.0. The highest BCUT2D eigenvalue weighted by Gasteiger charge is 2.27. The number of likely N-dealkylation sites (tertiary alicyclic amines) is 1. The van der Waals surface area contributed by atoms with Crippen molar-refractivity contribution in [1.29, 1.82) is 0 Å². The van der Waals surface area contributed by atoms with Crippen LogP contribution >= 0.6 is 0 Å². The van der Waals surface area contributed by atoms with E-state index in [1.165, 1.54) is 6.92 Å². The van der Waals surface area contributed by atoms with Gasteiger partial charge >= 0.3 is 0 Å². The van der Waals surface area contributed by atoms with Gasteiger partial charge in [0.2, 0.25) is 11.8 Å². The van der Waals surface area contributed by atoms with E-state index in [0.717, 1.165) is 24.9 Å². The fourth-order valence-electron chi connectivity index (χ4n) is 2.77. The molecule has 0 radical (unpaired) electrons. The van der Waals surface area contributed by atoms with Crippen molar-refractivity contribution in [2.24, 2.45) is 5.73 Å². The number of piperidine rings is 1. The average Bonchev–Trinajstić information content (AvgIpc) is 2.47. The zero-order valence-corrected chi connectivity index (χ0v) is 12.4. The van der Waals surface area contributed by atoms with Crippen LogP contribution in [0.25, 0.3) is 0 Å². The molecule has 5 nitrogen and oxygen atoms in total. The van der Waals surface area contributed by atoms with Crippen LogP contribution in [0.3, 0.4) is 0 Å². The normalized spacial score (nSPS) is 19.9. The molecule has 0 bridgehead atoms. The summed E-state index contributed by atoms with van der Waals surface area (Å²) < 4.78 is 0. The molecule has 1 aliphatic heterocycles. The first-order valence-corrected chi connectivity index (χ1v) is 7.41. The quantitative estimate of drug-likeness (QED) is 0.856. The number of amides is 2. The van der Waals surface area contributed by atoms with Gasteiger partial charge in [0.15, 0.2) is 0 Å². The summed E-state index contributed by atoms with van der Waals surface area (Å²) in [5.74, 6) is -0.0863. The van der Waals surface area contributed by atoms with Crippen molar-refractivity contribution in [3.8, 4) is 0 Å². The van der Waals surface area contributed by atoms with Crippen LogP contribution in [-0.2, 0) is 16.0 Å². The zero-order valence-electron chi connectivity index (χ0n) is 12.4. The SMILES string of the molecule is CC(=O)NC1CCCN(C(=O)[C@@H](N)Cc2ccccc2)C1. The first kappa shape index (κ1) is 15.5. The number of hydrogen-bond acceptors (Lipinski definition) is 3. The van der Waals surface area contributed by atoms with E-state index in [0.29, 0.717) is 13.0 Å². The second-order valence-corrected chi connectivity index (χ2v) is 5.62. The third-order valence-electron chi connectivity index (χ3n) is 3.76. The molecule has 0 aliphatic carbocycles. The van der Waals surface area contributed by atoms with Crippen molar-refractivity contribution in [3.63, 3.8) is 0 Å². The van der Waals surface area contributed by atoms with Crippen molar-refractivity contribution >= 4 is 11.8 Å². The van der Waals surface area contributed by atoms with Crippen LogP contribution in [0.1, 0.15) is 25.3 Å². The summed E-state index contributed by atoms with van der Waals surface area (Å²) in [6, 6.07) is 9.31. The minimum Gasteiger partial charge on any atom is -0.352 e. The van der Waals surface area contributed by atoms with Gasteiger partial charge in [-0.15, -0.1) is 0 Å². The minimum absolute atomic E-state index is 0.0334. The van der Waals surface area contributed by atoms with Crippen LogP contribution in [-0.4, -0.2) is 41.9 Å². The molecule has 21 heavy (non-hydrogen) atoms. The summed E-state index contributed by atoms with van der Waals surface area (Å²) in [7, 11) is 0. The lowest BCUT2D eigenvalue weighted by molar-refractivity contribution is -0.134. The molecule has 1 aliphatic rings. The molecule has 2 amide bonds. The minimum atomic E-state index is -0.525. The molecule has 0 aromatic heterocycles. The molecule has 1 unspecified atom stereocenters. The molecule has 0 saturated carbocycles. The Balaban J connectivity index is 1.91. The van der Waals surface area contributed by atoms with Crippen molar-refractivity contribution in [2.75, 3.05) is 13.1 Å². The summed E-state index contributed by atoms with van der Waals surface area (Å²) in [4.78, 5) is 25.3. The second kappa shape index (κ2) is 7.22. The lowest BCUT2D eigenvalue weighted by Gasteiger charge is -2.34. The number of rotatable bonds is 4. The average molecular weight is 289 g/mol. The van der Waals surface area contributed by atoms with E-state index >= 15 is 0 Å². The molecule has 1 saturated heterocycles. The van der Waals surface area contributed by atoms with Crippen LogP contribution in [0.15, 0.2) is 30.3 Å². The molecule has 3 N–H and O–H groups in total. The Kier molecular flexibility index (Phi) is 5.33. The number of carbonyl (C=O) groups excluding carboxylic acids is 2. The molecule has 1 aromatic carbocycles. The molecule has 114 valence electrons. The van der Waals surface area contributed by atoms with Crippen molar-refractivity contribution in [3.05, 3.63) is 35.9 Å². The number of nitrogens with one attached hydrogen (secondary N) is 1. The first-order chi connectivity index (χ1) is 10.1. The van der Waals surface area contributed by atoms with E-state index in [1.807, 2.05) is 30.3 Å². The van der Waals surface area contributed by atoms with Crippen molar-refractivity contribution in [1.82, 2.24) is 10.2 Å². The van der Waals surface area contributed by atoms with Crippen LogP contribution in [0, 0.1) is 0 Å². The largest absolute Gasteiger partial charge is 0.352 e. The van der Waals surface area contributed by atoms with E-state index in [1.54, 1.807) is 4.90 Å². The Bertz CT molecular complexity index is 490. The van der Waals surface area contributed by atoms with Gasteiger partial charge in [-0.1, -0.05) is 30.3 Å². The molecule has 1 aromatic rings. The van der Waals surface area contributed by atoms with Gasteiger partial charge in [-0.2, -0.15) is 0 Å². The Labute approximate surface area is 125 Å². The van der Waals surface area contributed by atoms with Gasteiger partial charge < -0.3 is 16.0 Å². The maximum absolute atomic E-state index is 12.4. The van der Waals surface area contributed by atoms with Crippen LogP contribution in [0.2, 0.25) is 0 Å². The van der Waals surface area contributed by atoms with Crippen LogP contribution in [0.4, 0.5) is 0 Å². The summed E-state index contributed by atoms with van der Waals surface area (Å²) in [6.07, 6.45) is 2.35. The van der Waals surface area contributed by atoms with Crippen molar-refractivity contribution < 1.29 is 9.59 Å².